The molecule has 0 radical (unpaired) electrons. The molecule has 0 spiro atoms. The number of nitrogens with one attached hydrogen (secondary N) is 2. The zero-order valence-corrected chi connectivity index (χ0v) is 12.8. The Morgan fingerprint density at radius 2 is 1.76 bits per heavy atom. The van der Waals surface area contributed by atoms with Crippen LogP contribution in [0.2, 0.25) is 0 Å². The van der Waals surface area contributed by atoms with Crippen LogP contribution in [0.4, 0.5) is 17.3 Å². The summed E-state index contributed by atoms with van der Waals surface area (Å²) in [6.07, 6.45) is 1.52. The van der Waals surface area contributed by atoms with Gasteiger partial charge in [-0.05, 0) is 62.8 Å². The van der Waals surface area contributed by atoms with E-state index in [0.29, 0.717) is 0 Å². The van der Waals surface area contributed by atoms with Crippen molar-refractivity contribution in [2.45, 2.75) is 0 Å². The maximum absolute atomic E-state index is 4.19. The van der Waals surface area contributed by atoms with Gasteiger partial charge >= 0.3 is 0 Å². The lowest BCUT2D eigenvalue weighted by Gasteiger charge is -2.09. The van der Waals surface area contributed by atoms with Gasteiger partial charge < -0.3 is 10.6 Å². The zero-order valence-electron chi connectivity index (χ0n) is 9.04. The maximum Gasteiger partial charge on any atom is 0.150 e. The van der Waals surface area contributed by atoms with Crippen LogP contribution < -0.4 is 10.6 Å². The van der Waals surface area contributed by atoms with Crippen LogP contribution in [-0.4, -0.2) is 17.0 Å². The van der Waals surface area contributed by atoms with Crippen LogP contribution in [0.3, 0.4) is 0 Å². The van der Waals surface area contributed by atoms with Crippen molar-refractivity contribution in [3.8, 4) is 0 Å². The molecule has 0 aliphatic rings. The normalized spacial score (nSPS) is 10.1. The predicted molar refractivity (Wildman–Crippen MR) is 81.7 cm³/mol. The smallest absolute Gasteiger partial charge is 0.150 e. The Labute approximate surface area is 122 Å². The largest absolute Gasteiger partial charge is 0.372 e. The number of nitrogens with zero attached hydrogens (tertiary/aromatic N) is 2. The molecule has 6 heteroatoms. The molecule has 0 aliphatic heterocycles. The van der Waals surface area contributed by atoms with E-state index in [-0.39, 0.29) is 0 Å². The molecule has 0 saturated carbocycles. The van der Waals surface area contributed by atoms with Gasteiger partial charge in [0, 0.05) is 16.3 Å². The first-order chi connectivity index (χ1) is 8.20. The predicted octanol–water partition coefficient (Wildman–Crippen LogP) is 3.63. The molecular weight excluding hydrogens is 395 g/mol. The van der Waals surface area contributed by atoms with Gasteiger partial charge in [0.2, 0.25) is 0 Å². The van der Waals surface area contributed by atoms with Gasteiger partial charge in [-0.15, -0.1) is 0 Å². The third-order valence-corrected chi connectivity index (χ3v) is 3.60. The summed E-state index contributed by atoms with van der Waals surface area (Å²) in [5.41, 5.74) is 0.992. The molecule has 1 aromatic carbocycles. The third kappa shape index (κ3) is 3.06. The van der Waals surface area contributed by atoms with E-state index >= 15 is 0 Å². The number of benzene rings is 1. The van der Waals surface area contributed by atoms with E-state index in [0.717, 1.165) is 21.8 Å². The van der Waals surface area contributed by atoms with Crippen molar-refractivity contribution in [3.05, 3.63) is 38.6 Å². The van der Waals surface area contributed by atoms with Crippen molar-refractivity contribution < 1.29 is 0 Å². The number of hydrogen-bond donors (Lipinski definition) is 2. The lowest BCUT2D eigenvalue weighted by molar-refractivity contribution is 1.14. The molecule has 0 atom stereocenters. The van der Waals surface area contributed by atoms with E-state index in [2.05, 4.69) is 59.1 Å². The summed E-state index contributed by atoms with van der Waals surface area (Å²) < 4.78 is 2.02. The van der Waals surface area contributed by atoms with E-state index in [1.165, 1.54) is 9.90 Å². The Kier molecular flexibility index (Phi) is 4.16. The van der Waals surface area contributed by atoms with Crippen LogP contribution >= 0.6 is 38.5 Å². The van der Waals surface area contributed by atoms with E-state index in [1.54, 1.807) is 0 Å². The van der Waals surface area contributed by atoms with E-state index in [1.807, 2.05) is 31.3 Å². The van der Waals surface area contributed by atoms with Crippen molar-refractivity contribution >= 4 is 55.8 Å². The Morgan fingerprint density at radius 1 is 1.12 bits per heavy atom. The summed E-state index contributed by atoms with van der Waals surface area (Å²) in [6.45, 7) is 0. The average Bonchev–Trinajstić information content (AvgIpc) is 2.35. The minimum Gasteiger partial charge on any atom is -0.372 e. The van der Waals surface area contributed by atoms with Crippen LogP contribution in [0.15, 0.2) is 35.1 Å². The summed E-state index contributed by atoms with van der Waals surface area (Å²) >= 11 is 5.73. The molecule has 0 unspecified atom stereocenters. The molecule has 0 fully saturated rings. The van der Waals surface area contributed by atoms with Crippen molar-refractivity contribution in [2.75, 3.05) is 17.7 Å². The van der Waals surface area contributed by atoms with E-state index < -0.39 is 0 Å². The maximum atomic E-state index is 4.19. The van der Waals surface area contributed by atoms with Crippen molar-refractivity contribution in [1.82, 2.24) is 9.97 Å². The second kappa shape index (κ2) is 5.63. The fourth-order valence-corrected chi connectivity index (χ4v) is 2.16. The van der Waals surface area contributed by atoms with Crippen molar-refractivity contribution in [3.63, 3.8) is 0 Å². The number of anilines is 3. The monoisotopic (exact) mass is 404 g/mol. The lowest BCUT2D eigenvalue weighted by atomic mass is 10.3. The number of aromatic nitrogens is 2. The first-order valence-electron chi connectivity index (χ1n) is 4.91. The number of rotatable bonds is 3. The molecule has 2 aromatic rings. The SMILES string of the molecule is CNc1ncnc(Nc2ccc(I)cc2)c1Br. The van der Waals surface area contributed by atoms with Gasteiger partial charge in [-0.3, -0.25) is 0 Å². The highest BCUT2D eigenvalue weighted by Crippen LogP contribution is 2.28. The lowest BCUT2D eigenvalue weighted by Crippen LogP contribution is -2.00. The highest BCUT2D eigenvalue weighted by Gasteiger charge is 2.07. The van der Waals surface area contributed by atoms with Gasteiger partial charge in [-0.1, -0.05) is 0 Å². The third-order valence-electron chi connectivity index (χ3n) is 2.13. The summed E-state index contributed by atoms with van der Waals surface area (Å²) in [5, 5.41) is 6.22. The number of hydrogen-bond acceptors (Lipinski definition) is 4. The van der Waals surface area contributed by atoms with Gasteiger partial charge in [-0.25, -0.2) is 9.97 Å². The number of halogens is 2. The molecular formula is C11H10BrIN4. The van der Waals surface area contributed by atoms with Gasteiger partial charge in [0.1, 0.15) is 22.4 Å². The summed E-state index contributed by atoms with van der Waals surface area (Å²) in [4.78, 5) is 8.30. The van der Waals surface area contributed by atoms with Crippen LogP contribution in [-0.2, 0) is 0 Å². The second-order valence-electron chi connectivity index (χ2n) is 3.27. The first kappa shape index (κ1) is 12.6. The molecule has 0 bridgehead atoms. The van der Waals surface area contributed by atoms with Crippen LogP contribution in [0.1, 0.15) is 0 Å². The Morgan fingerprint density at radius 3 is 2.41 bits per heavy atom. The molecule has 0 amide bonds. The Hall–Kier alpha value is -0.890. The summed E-state index contributed by atoms with van der Waals surface area (Å²) in [7, 11) is 1.82. The fraction of sp³-hybridized carbons (Fsp3) is 0.0909. The van der Waals surface area contributed by atoms with Gasteiger partial charge in [0.15, 0.2) is 0 Å². The van der Waals surface area contributed by atoms with Crippen LogP contribution in [0.5, 0.6) is 0 Å². The molecule has 1 heterocycles. The fourth-order valence-electron chi connectivity index (χ4n) is 1.30. The molecule has 1 aromatic heterocycles. The van der Waals surface area contributed by atoms with Crippen LogP contribution in [0.25, 0.3) is 0 Å². The molecule has 17 heavy (non-hydrogen) atoms. The molecule has 0 aliphatic carbocycles. The van der Waals surface area contributed by atoms with Crippen molar-refractivity contribution in [2.24, 2.45) is 0 Å². The minimum absolute atomic E-state index is 0.741. The molecule has 4 nitrogen and oxygen atoms in total. The van der Waals surface area contributed by atoms with E-state index in [4.69, 9.17) is 0 Å². The topological polar surface area (TPSA) is 49.8 Å². The summed E-state index contributed by atoms with van der Waals surface area (Å²) in [5.74, 6) is 1.50. The molecule has 2 N–H and O–H groups in total. The molecule has 2 rings (SSSR count). The van der Waals surface area contributed by atoms with Gasteiger partial charge in [0.05, 0.1) is 0 Å². The molecule has 0 saturated heterocycles. The van der Waals surface area contributed by atoms with Crippen molar-refractivity contribution in [1.29, 1.82) is 0 Å². The minimum atomic E-state index is 0.741. The molecule has 88 valence electrons. The quantitative estimate of drug-likeness (QED) is 0.767. The second-order valence-corrected chi connectivity index (χ2v) is 5.31. The standard InChI is InChI=1S/C11H10BrIN4/c1-14-10-9(12)11(16-6-15-10)17-8-4-2-7(13)3-5-8/h2-6H,1H3,(H2,14,15,16,17). The Bertz CT molecular complexity index is 515. The Balaban J connectivity index is 2.27. The summed E-state index contributed by atoms with van der Waals surface area (Å²) in [6, 6.07) is 8.10. The van der Waals surface area contributed by atoms with Gasteiger partial charge in [0.25, 0.3) is 0 Å². The highest BCUT2D eigenvalue weighted by atomic mass is 127. The van der Waals surface area contributed by atoms with E-state index in [9.17, 15) is 0 Å². The highest BCUT2D eigenvalue weighted by molar-refractivity contribution is 14.1. The zero-order chi connectivity index (χ0) is 12.3. The van der Waals surface area contributed by atoms with Gasteiger partial charge in [-0.2, -0.15) is 0 Å². The van der Waals surface area contributed by atoms with Crippen LogP contribution in [0, 0.1) is 3.57 Å². The first-order valence-corrected chi connectivity index (χ1v) is 6.78. The average molecular weight is 405 g/mol.